The van der Waals surface area contributed by atoms with Gasteiger partial charge >= 0.3 is 0 Å². The number of rotatable bonds is 4. The number of benzene rings is 1. The fourth-order valence-corrected chi connectivity index (χ4v) is 2.24. The van der Waals surface area contributed by atoms with Crippen molar-refractivity contribution < 1.29 is 4.79 Å². The van der Waals surface area contributed by atoms with E-state index >= 15 is 0 Å². The van der Waals surface area contributed by atoms with Gasteiger partial charge in [0.15, 0.2) is 0 Å². The zero-order valence-electron chi connectivity index (χ0n) is 10.7. The van der Waals surface area contributed by atoms with Crippen LogP contribution in [0, 0.1) is 0 Å². The monoisotopic (exact) mass is 286 g/mol. The number of H-pyrrole nitrogens is 2. The number of carbonyl (C=O) groups is 1. The molecule has 3 N–H and O–H groups in total. The van der Waals surface area contributed by atoms with Gasteiger partial charge in [0.1, 0.15) is 5.69 Å². The second kappa shape index (κ2) is 5.42. The lowest BCUT2D eigenvalue weighted by Crippen LogP contribution is -2.25. The second-order valence-corrected chi connectivity index (χ2v) is 4.84. The molecular formula is C14H14N4OS. The van der Waals surface area contributed by atoms with Crippen LogP contribution in [0.2, 0.25) is 0 Å². The van der Waals surface area contributed by atoms with Crippen molar-refractivity contribution in [2.75, 3.05) is 12.3 Å². The zero-order chi connectivity index (χ0) is 13.9. The molecule has 0 atom stereocenters. The summed E-state index contributed by atoms with van der Waals surface area (Å²) in [5, 5.41) is 10.8. The van der Waals surface area contributed by atoms with Gasteiger partial charge < -0.3 is 10.3 Å². The number of aromatic amines is 2. The Morgan fingerprint density at radius 1 is 1.35 bits per heavy atom. The summed E-state index contributed by atoms with van der Waals surface area (Å²) in [5.41, 5.74) is 3.22. The van der Waals surface area contributed by atoms with Gasteiger partial charge in [0.25, 0.3) is 5.91 Å². The fraction of sp³-hybridized carbons (Fsp3) is 0.143. The van der Waals surface area contributed by atoms with Gasteiger partial charge in [-0.25, -0.2) is 0 Å². The molecule has 0 unspecified atom stereocenters. The van der Waals surface area contributed by atoms with Crippen LogP contribution in [0.25, 0.3) is 22.2 Å². The lowest BCUT2D eigenvalue weighted by Gasteiger charge is -1.98. The summed E-state index contributed by atoms with van der Waals surface area (Å²) < 4.78 is 0. The van der Waals surface area contributed by atoms with Gasteiger partial charge in [0, 0.05) is 35.0 Å². The maximum Gasteiger partial charge on any atom is 0.269 e. The minimum Gasteiger partial charge on any atom is -0.360 e. The lowest BCUT2D eigenvalue weighted by molar-refractivity contribution is 0.0951. The molecule has 1 amide bonds. The maximum atomic E-state index is 11.8. The third-order valence-electron chi connectivity index (χ3n) is 3.09. The van der Waals surface area contributed by atoms with E-state index in [1.54, 1.807) is 6.07 Å². The van der Waals surface area contributed by atoms with Gasteiger partial charge in [0.2, 0.25) is 0 Å². The van der Waals surface area contributed by atoms with Crippen LogP contribution in [0.15, 0.2) is 36.5 Å². The summed E-state index contributed by atoms with van der Waals surface area (Å²) in [6, 6.07) is 9.74. The van der Waals surface area contributed by atoms with Crippen molar-refractivity contribution in [2.45, 2.75) is 0 Å². The minimum atomic E-state index is -0.169. The molecule has 0 saturated heterocycles. The van der Waals surface area contributed by atoms with Crippen molar-refractivity contribution >= 4 is 29.4 Å². The number of nitrogens with one attached hydrogen (secondary N) is 3. The standard InChI is InChI=1S/C14H14N4OS/c19-14(15-5-6-20)13-7-12(17-18-13)10-8-16-11-4-2-1-3-9(10)11/h1-4,7-8,16,20H,5-6H2,(H,15,19)(H,17,18). The average Bonchev–Trinajstić information content (AvgIpc) is 3.10. The highest BCUT2D eigenvalue weighted by Crippen LogP contribution is 2.27. The van der Waals surface area contributed by atoms with E-state index in [0.717, 1.165) is 22.2 Å². The molecule has 2 heterocycles. The van der Waals surface area contributed by atoms with E-state index in [1.807, 2.05) is 30.5 Å². The van der Waals surface area contributed by atoms with Gasteiger partial charge in [-0.3, -0.25) is 9.89 Å². The Morgan fingerprint density at radius 3 is 3.05 bits per heavy atom. The number of nitrogens with zero attached hydrogens (tertiary/aromatic N) is 1. The highest BCUT2D eigenvalue weighted by atomic mass is 32.1. The molecule has 0 aliphatic carbocycles. The Balaban J connectivity index is 1.92. The molecule has 0 bridgehead atoms. The largest absolute Gasteiger partial charge is 0.360 e. The molecule has 3 rings (SSSR count). The Morgan fingerprint density at radius 2 is 2.20 bits per heavy atom. The molecule has 0 radical (unpaired) electrons. The number of para-hydroxylation sites is 1. The summed E-state index contributed by atoms with van der Waals surface area (Å²) in [4.78, 5) is 15.0. The van der Waals surface area contributed by atoms with E-state index in [1.165, 1.54) is 0 Å². The van der Waals surface area contributed by atoms with Crippen LogP contribution < -0.4 is 5.32 Å². The van der Waals surface area contributed by atoms with Gasteiger partial charge in [0.05, 0.1) is 5.69 Å². The first-order chi connectivity index (χ1) is 9.79. The van der Waals surface area contributed by atoms with Crippen LogP contribution >= 0.6 is 12.6 Å². The Hall–Kier alpha value is -2.21. The minimum absolute atomic E-state index is 0.169. The van der Waals surface area contributed by atoms with Crippen LogP contribution in [0.3, 0.4) is 0 Å². The second-order valence-electron chi connectivity index (χ2n) is 4.39. The third kappa shape index (κ3) is 2.30. The van der Waals surface area contributed by atoms with Crippen molar-refractivity contribution in [1.82, 2.24) is 20.5 Å². The summed E-state index contributed by atoms with van der Waals surface area (Å²) in [5.74, 6) is 0.437. The van der Waals surface area contributed by atoms with Crippen molar-refractivity contribution in [3.05, 3.63) is 42.2 Å². The number of carbonyl (C=O) groups excluding carboxylic acids is 1. The fourth-order valence-electron chi connectivity index (χ4n) is 2.12. The average molecular weight is 286 g/mol. The molecule has 2 aromatic heterocycles. The number of amides is 1. The van der Waals surface area contributed by atoms with E-state index in [0.29, 0.717) is 18.0 Å². The summed E-state index contributed by atoms with van der Waals surface area (Å²) in [7, 11) is 0. The van der Waals surface area contributed by atoms with Crippen LogP contribution in [0.4, 0.5) is 0 Å². The topological polar surface area (TPSA) is 73.6 Å². The molecule has 102 valence electrons. The molecule has 0 aliphatic rings. The van der Waals surface area contributed by atoms with Gasteiger partial charge in [-0.05, 0) is 12.1 Å². The van der Waals surface area contributed by atoms with E-state index in [-0.39, 0.29) is 5.91 Å². The molecule has 0 fully saturated rings. The highest BCUT2D eigenvalue weighted by molar-refractivity contribution is 7.80. The van der Waals surface area contributed by atoms with Crippen molar-refractivity contribution in [3.63, 3.8) is 0 Å². The van der Waals surface area contributed by atoms with Crippen LogP contribution in [-0.4, -0.2) is 33.4 Å². The zero-order valence-corrected chi connectivity index (χ0v) is 11.6. The normalized spacial score (nSPS) is 10.8. The molecule has 3 aromatic rings. The van der Waals surface area contributed by atoms with E-state index in [4.69, 9.17) is 0 Å². The lowest BCUT2D eigenvalue weighted by atomic mass is 10.1. The first kappa shape index (κ1) is 12.8. The van der Waals surface area contributed by atoms with Crippen molar-refractivity contribution in [1.29, 1.82) is 0 Å². The maximum absolute atomic E-state index is 11.8. The van der Waals surface area contributed by atoms with Crippen molar-refractivity contribution in [3.8, 4) is 11.3 Å². The van der Waals surface area contributed by atoms with Gasteiger partial charge in [-0.2, -0.15) is 17.7 Å². The predicted molar refractivity (Wildman–Crippen MR) is 82.1 cm³/mol. The number of thiol groups is 1. The van der Waals surface area contributed by atoms with E-state index < -0.39 is 0 Å². The first-order valence-electron chi connectivity index (χ1n) is 6.30. The first-order valence-corrected chi connectivity index (χ1v) is 6.94. The third-order valence-corrected chi connectivity index (χ3v) is 3.31. The molecule has 0 saturated carbocycles. The SMILES string of the molecule is O=C(NCCS)c1cc(-c2c[nH]c3ccccc23)n[nH]1. The number of hydrogen-bond acceptors (Lipinski definition) is 3. The highest BCUT2D eigenvalue weighted by Gasteiger charge is 2.13. The van der Waals surface area contributed by atoms with E-state index in [2.05, 4.69) is 33.1 Å². The quantitative estimate of drug-likeness (QED) is 0.555. The van der Waals surface area contributed by atoms with Crippen molar-refractivity contribution in [2.24, 2.45) is 0 Å². The number of hydrogen-bond donors (Lipinski definition) is 4. The Kier molecular flexibility index (Phi) is 3.47. The van der Waals surface area contributed by atoms with Gasteiger partial charge in [-0.15, -0.1) is 0 Å². The smallest absolute Gasteiger partial charge is 0.269 e. The van der Waals surface area contributed by atoms with Crippen LogP contribution in [0.5, 0.6) is 0 Å². The molecular weight excluding hydrogens is 272 g/mol. The number of aromatic nitrogens is 3. The number of fused-ring (bicyclic) bond motifs is 1. The van der Waals surface area contributed by atoms with Gasteiger partial charge in [-0.1, -0.05) is 18.2 Å². The summed E-state index contributed by atoms with van der Waals surface area (Å²) in [6.45, 7) is 0.531. The molecule has 6 heteroatoms. The molecule has 0 spiro atoms. The van der Waals surface area contributed by atoms with E-state index in [9.17, 15) is 4.79 Å². The summed E-state index contributed by atoms with van der Waals surface area (Å²) >= 11 is 4.06. The molecule has 20 heavy (non-hydrogen) atoms. The Labute approximate surface area is 121 Å². The van der Waals surface area contributed by atoms with Crippen LogP contribution in [-0.2, 0) is 0 Å². The molecule has 5 nitrogen and oxygen atoms in total. The Bertz CT molecular complexity index is 746. The summed E-state index contributed by atoms with van der Waals surface area (Å²) in [6.07, 6.45) is 1.90. The van der Waals surface area contributed by atoms with Crippen LogP contribution in [0.1, 0.15) is 10.5 Å². The predicted octanol–water partition coefficient (Wildman–Crippen LogP) is 2.22. The molecule has 0 aliphatic heterocycles. The molecule has 1 aromatic carbocycles.